The minimum atomic E-state index is -0.521. The Morgan fingerprint density at radius 1 is 0.955 bits per heavy atom. The number of carbonyl (C=O) groups is 2. The monoisotopic (exact) mass is 632 g/mol. The quantitative estimate of drug-likeness (QED) is 0.0804. The van der Waals surface area contributed by atoms with E-state index in [0.717, 1.165) is 28.0 Å². The van der Waals surface area contributed by atoms with Crippen LogP contribution in [0.4, 0.5) is 17.1 Å². The van der Waals surface area contributed by atoms with Crippen molar-refractivity contribution in [2.45, 2.75) is 13.0 Å². The number of H-pyrrole nitrogens is 1. The average Bonchev–Trinajstić information content (AvgIpc) is 3.44. The Morgan fingerprint density at radius 3 is 2.57 bits per heavy atom. The molecule has 0 bridgehead atoms. The second-order valence-electron chi connectivity index (χ2n) is 10.2. The Bertz CT molecular complexity index is 1820. The number of halogens is 2. The van der Waals surface area contributed by atoms with Gasteiger partial charge in [0, 0.05) is 49.3 Å². The number of aromatic nitrogens is 2. The van der Waals surface area contributed by atoms with Crippen molar-refractivity contribution in [3.63, 3.8) is 0 Å². The van der Waals surface area contributed by atoms with Crippen LogP contribution in [-0.4, -0.2) is 47.7 Å². The first kappa shape index (κ1) is 30.7. The number of nitrogens with one attached hydrogen (secondary N) is 4. The molecule has 226 valence electrons. The highest BCUT2D eigenvalue weighted by molar-refractivity contribution is 6.35. The van der Waals surface area contributed by atoms with E-state index in [9.17, 15) is 9.59 Å². The van der Waals surface area contributed by atoms with Crippen LogP contribution < -0.4 is 25.8 Å². The number of ether oxygens (including phenoxy) is 1. The number of hydroxylamine groups is 1. The SMILES string of the molecule is CN(C)c1ccc2[nH]c(-c3cc(NC(=O)c4ccc(CNc5cccc(OCCC(=O)NO)c5)cc4Cl)ccc3Cl)nc2c1. The predicted octanol–water partition coefficient (Wildman–Crippen LogP) is 6.74. The van der Waals surface area contributed by atoms with E-state index in [-0.39, 0.29) is 18.9 Å². The van der Waals surface area contributed by atoms with Gasteiger partial charge < -0.3 is 25.3 Å². The number of rotatable bonds is 11. The molecule has 0 radical (unpaired) electrons. The number of hydrogen-bond donors (Lipinski definition) is 5. The molecule has 44 heavy (non-hydrogen) atoms. The standard InChI is InChI=1S/C32H30Cl2N6O4/c1-40(2)22-8-11-28-29(17-22)38-31(37-28)25-16-21(7-10-26(25)33)36-32(42)24-9-6-19(14-27(24)34)18-35-20-4-3-5-23(15-20)44-13-12-30(41)39-43/h3-11,14-17,35,43H,12-13,18H2,1-2H3,(H,36,42)(H,37,38)(H,39,41). The minimum absolute atomic E-state index is 0.0328. The summed E-state index contributed by atoms with van der Waals surface area (Å²) in [5.41, 5.74) is 7.49. The summed E-state index contributed by atoms with van der Waals surface area (Å²) >= 11 is 13.0. The Kier molecular flexibility index (Phi) is 9.54. The fourth-order valence-electron chi connectivity index (χ4n) is 4.45. The first-order valence-electron chi connectivity index (χ1n) is 13.7. The molecule has 4 aromatic carbocycles. The Hall–Kier alpha value is -4.77. The molecular weight excluding hydrogens is 603 g/mol. The van der Waals surface area contributed by atoms with E-state index >= 15 is 0 Å². The molecule has 0 aliphatic carbocycles. The van der Waals surface area contributed by atoms with Crippen LogP contribution in [0.1, 0.15) is 22.3 Å². The normalized spacial score (nSPS) is 10.8. The van der Waals surface area contributed by atoms with Gasteiger partial charge in [-0.2, -0.15) is 0 Å². The van der Waals surface area contributed by atoms with Gasteiger partial charge >= 0.3 is 0 Å². The molecule has 0 atom stereocenters. The molecule has 2 amide bonds. The number of carbonyl (C=O) groups excluding carboxylic acids is 2. The maximum absolute atomic E-state index is 13.2. The second-order valence-corrected chi connectivity index (χ2v) is 11.0. The molecule has 1 aromatic heterocycles. The second kappa shape index (κ2) is 13.7. The summed E-state index contributed by atoms with van der Waals surface area (Å²) in [6.45, 7) is 0.579. The van der Waals surface area contributed by atoms with Gasteiger partial charge in [0.1, 0.15) is 11.6 Å². The number of anilines is 3. The molecule has 0 aliphatic heterocycles. The van der Waals surface area contributed by atoms with Crippen molar-refractivity contribution >= 4 is 63.1 Å². The van der Waals surface area contributed by atoms with E-state index in [4.69, 9.17) is 38.1 Å². The third-order valence-electron chi connectivity index (χ3n) is 6.79. The van der Waals surface area contributed by atoms with Gasteiger partial charge in [-0.25, -0.2) is 10.5 Å². The number of aromatic amines is 1. The first-order chi connectivity index (χ1) is 21.2. The molecule has 5 aromatic rings. The van der Waals surface area contributed by atoms with Crippen LogP contribution in [-0.2, 0) is 11.3 Å². The van der Waals surface area contributed by atoms with Gasteiger partial charge in [-0.05, 0) is 66.2 Å². The number of nitrogens with zero attached hydrogens (tertiary/aromatic N) is 2. The predicted molar refractivity (Wildman–Crippen MR) is 174 cm³/mol. The van der Waals surface area contributed by atoms with Gasteiger partial charge in [-0.15, -0.1) is 0 Å². The van der Waals surface area contributed by atoms with E-state index in [1.54, 1.807) is 47.9 Å². The van der Waals surface area contributed by atoms with Gasteiger partial charge in [0.2, 0.25) is 5.91 Å². The van der Waals surface area contributed by atoms with E-state index < -0.39 is 5.91 Å². The third kappa shape index (κ3) is 7.41. The Morgan fingerprint density at radius 2 is 1.80 bits per heavy atom. The fourth-order valence-corrected chi connectivity index (χ4v) is 4.95. The van der Waals surface area contributed by atoms with Gasteiger partial charge in [-0.1, -0.05) is 35.3 Å². The summed E-state index contributed by atoms with van der Waals surface area (Å²) in [6.07, 6.45) is 0.0328. The van der Waals surface area contributed by atoms with E-state index in [1.165, 1.54) is 0 Å². The first-order valence-corrected chi connectivity index (χ1v) is 14.4. The van der Waals surface area contributed by atoms with Crippen LogP contribution in [0.15, 0.2) is 78.9 Å². The van der Waals surface area contributed by atoms with Crippen LogP contribution in [0, 0.1) is 0 Å². The molecule has 12 heteroatoms. The average molecular weight is 634 g/mol. The lowest BCUT2D eigenvalue weighted by atomic mass is 10.1. The van der Waals surface area contributed by atoms with Gasteiger partial charge in [0.25, 0.3) is 5.91 Å². The molecular formula is C32H30Cl2N6O4. The number of imidazole rings is 1. The van der Waals surface area contributed by atoms with Crippen LogP contribution in [0.3, 0.4) is 0 Å². The summed E-state index contributed by atoms with van der Waals surface area (Å²) in [6, 6.07) is 23.7. The smallest absolute Gasteiger partial charge is 0.257 e. The molecule has 0 saturated heterocycles. The van der Waals surface area contributed by atoms with E-state index in [0.29, 0.717) is 45.0 Å². The number of hydrogen-bond acceptors (Lipinski definition) is 7. The lowest BCUT2D eigenvalue weighted by molar-refractivity contribution is -0.129. The summed E-state index contributed by atoms with van der Waals surface area (Å²) in [4.78, 5) is 34.3. The number of benzene rings is 4. The van der Waals surface area contributed by atoms with Crippen molar-refractivity contribution in [2.75, 3.05) is 36.2 Å². The maximum Gasteiger partial charge on any atom is 0.257 e. The maximum atomic E-state index is 13.2. The molecule has 10 nitrogen and oxygen atoms in total. The number of amides is 2. The van der Waals surface area contributed by atoms with Crippen LogP contribution in [0.5, 0.6) is 5.75 Å². The molecule has 5 rings (SSSR count). The largest absolute Gasteiger partial charge is 0.493 e. The topological polar surface area (TPSA) is 132 Å². The van der Waals surface area contributed by atoms with Crippen molar-refractivity contribution in [1.29, 1.82) is 0 Å². The summed E-state index contributed by atoms with van der Waals surface area (Å²) < 4.78 is 5.55. The molecule has 0 unspecified atom stereocenters. The van der Waals surface area contributed by atoms with Crippen molar-refractivity contribution in [3.05, 3.63) is 100 Å². The van der Waals surface area contributed by atoms with Crippen molar-refractivity contribution < 1.29 is 19.5 Å². The molecule has 0 aliphatic rings. The molecule has 1 heterocycles. The summed E-state index contributed by atoms with van der Waals surface area (Å²) in [5, 5.41) is 15.6. The molecule has 0 fully saturated rings. The molecule has 0 spiro atoms. The lowest BCUT2D eigenvalue weighted by Gasteiger charge is -2.12. The number of fused-ring (bicyclic) bond motifs is 1. The van der Waals surface area contributed by atoms with Gasteiger partial charge in [0.05, 0.1) is 39.7 Å². The zero-order valence-corrected chi connectivity index (χ0v) is 25.5. The van der Waals surface area contributed by atoms with Crippen LogP contribution in [0.25, 0.3) is 22.4 Å². The minimum Gasteiger partial charge on any atom is -0.493 e. The van der Waals surface area contributed by atoms with Gasteiger partial charge in [0.15, 0.2) is 0 Å². The Labute approximate surface area is 263 Å². The zero-order valence-electron chi connectivity index (χ0n) is 23.9. The van der Waals surface area contributed by atoms with Crippen LogP contribution in [0.2, 0.25) is 10.0 Å². The van der Waals surface area contributed by atoms with E-state index in [2.05, 4.69) is 15.6 Å². The van der Waals surface area contributed by atoms with Crippen molar-refractivity contribution in [3.8, 4) is 17.1 Å². The van der Waals surface area contributed by atoms with Crippen molar-refractivity contribution in [1.82, 2.24) is 15.4 Å². The third-order valence-corrected chi connectivity index (χ3v) is 7.44. The highest BCUT2D eigenvalue weighted by atomic mass is 35.5. The highest BCUT2D eigenvalue weighted by Gasteiger charge is 2.15. The summed E-state index contributed by atoms with van der Waals surface area (Å²) in [7, 11) is 3.94. The summed E-state index contributed by atoms with van der Waals surface area (Å²) in [5.74, 6) is 0.295. The highest BCUT2D eigenvalue weighted by Crippen LogP contribution is 2.32. The van der Waals surface area contributed by atoms with E-state index in [1.807, 2.05) is 55.4 Å². The van der Waals surface area contributed by atoms with Crippen LogP contribution >= 0.6 is 23.2 Å². The Balaban J connectivity index is 1.23. The lowest BCUT2D eigenvalue weighted by Crippen LogP contribution is -2.20. The zero-order chi connectivity index (χ0) is 31.2. The van der Waals surface area contributed by atoms with Crippen molar-refractivity contribution in [2.24, 2.45) is 0 Å². The molecule has 0 saturated carbocycles. The fraction of sp³-hybridized carbons (Fsp3) is 0.156. The van der Waals surface area contributed by atoms with Gasteiger partial charge in [-0.3, -0.25) is 14.8 Å². The molecule has 5 N–H and O–H groups in total.